The summed E-state index contributed by atoms with van der Waals surface area (Å²) in [6.45, 7) is 3.42. The van der Waals surface area contributed by atoms with Crippen LogP contribution in [-0.2, 0) is 10.5 Å². The van der Waals surface area contributed by atoms with Crippen LogP contribution < -0.4 is 10.9 Å². The minimum absolute atomic E-state index is 0.0163. The predicted molar refractivity (Wildman–Crippen MR) is 107 cm³/mol. The largest absolute Gasteiger partial charge is 0.325 e. The van der Waals surface area contributed by atoms with Crippen LogP contribution in [0.2, 0.25) is 0 Å². The first kappa shape index (κ1) is 18.8. The Bertz CT molecular complexity index is 1060. The molecule has 2 aromatic heterocycles. The second-order valence-electron chi connectivity index (χ2n) is 6.19. The summed E-state index contributed by atoms with van der Waals surface area (Å²) in [5.74, 6) is 0.542. The van der Waals surface area contributed by atoms with Gasteiger partial charge in [0.25, 0.3) is 5.56 Å². The van der Waals surface area contributed by atoms with E-state index in [1.807, 2.05) is 19.1 Å². The molecule has 3 aromatic rings. The van der Waals surface area contributed by atoms with Crippen molar-refractivity contribution in [3.05, 3.63) is 75.8 Å². The third-order valence-electron chi connectivity index (χ3n) is 3.92. The van der Waals surface area contributed by atoms with E-state index in [1.54, 1.807) is 30.5 Å². The van der Waals surface area contributed by atoms with Gasteiger partial charge in [-0.3, -0.25) is 18.8 Å². The number of carbonyl (C=O) groups is 2. The fourth-order valence-electron chi connectivity index (χ4n) is 2.57. The lowest BCUT2D eigenvalue weighted by molar-refractivity contribution is -0.113. The molecular formula is C20H19N3O3S. The normalized spacial score (nSPS) is 10.7. The van der Waals surface area contributed by atoms with Gasteiger partial charge < -0.3 is 5.32 Å². The fraction of sp³-hybridized carbons (Fsp3) is 0.200. The van der Waals surface area contributed by atoms with E-state index >= 15 is 0 Å². The summed E-state index contributed by atoms with van der Waals surface area (Å²) in [5, 5.41) is 2.78. The van der Waals surface area contributed by atoms with Crippen molar-refractivity contribution in [2.45, 2.75) is 19.6 Å². The smallest absolute Gasteiger partial charge is 0.258 e. The summed E-state index contributed by atoms with van der Waals surface area (Å²) >= 11 is 1.39. The van der Waals surface area contributed by atoms with Gasteiger partial charge in [0.15, 0.2) is 5.78 Å². The van der Waals surface area contributed by atoms with Crippen molar-refractivity contribution in [2.24, 2.45) is 0 Å². The molecule has 1 amide bonds. The van der Waals surface area contributed by atoms with Gasteiger partial charge in [-0.05, 0) is 49.7 Å². The van der Waals surface area contributed by atoms with Crippen molar-refractivity contribution >= 4 is 34.8 Å². The molecule has 0 atom stereocenters. The van der Waals surface area contributed by atoms with Crippen molar-refractivity contribution in [1.82, 2.24) is 9.38 Å². The number of nitrogens with one attached hydrogen (secondary N) is 1. The van der Waals surface area contributed by atoms with Crippen molar-refractivity contribution in [1.29, 1.82) is 0 Å². The van der Waals surface area contributed by atoms with E-state index in [0.717, 1.165) is 5.56 Å². The van der Waals surface area contributed by atoms with E-state index in [4.69, 9.17) is 0 Å². The molecule has 3 rings (SSSR count). The molecule has 6 nitrogen and oxygen atoms in total. The molecule has 0 saturated heterocycles. The maximum Gasteiger partial charge on any atom is 0.258 e. The Morgan fingerprint density at radius 2 is 1.89 bits per heavy atom. The number of Topliss-reactive ketones (excluding diaryl/α,β-unsaturated/α-hetero) is 1. The molecular weight excluding hydrogens is 362 g/mol. The average molecular weight is 381 g/mol. The number of benzene rings is 1. The average Bonchev–Trinajstić information content (AvgIpc) is 2.63. The Kier molecular flexibility index (Phi) is 5.71. The highest BCUT2D eigenvalue weighted by molar-refractivity contribution is 7.99. The Labute approximate surface area is 160 Å². The van der Waals surface area contributed by atoms with Crippen LogP contribution in [0.25, 0.3) is 5.65 Å². The van der Waals surface area contributed by atoms with Gasteiger partial charge in [-0.1, -0.05) is 6.07 Å². The van der Waals surface area contributed by atoms with Gasteiger partial charge in [0.1, 0.15) is 5.65 Å². The summed E-state index contributed by atoms with van der Waals surface area (Å²) in [6.07, 6.45) is 1.76. The van der Waals surface area contributed by atoms with Crippen molar-refractivity contribution in [2.75, 3.05) is 11.1 Å². The highest BCUT2D eigenvalue weighted by Crippen LogP contribution is 2.13. The first-order valence-electron chi connectivity index (χ1n) is 8.40. The van der Waals surface area contributed by atoms with E-state index in [-0.39, 0.29) is 23.0 Å². The number of carbonyl (C=O) groups excluding carboxylic acids is 2. The Balaban J connectivity index is 1.57. The summed E-state index contributed by atoms with van der Waals surface area (Å²) < 4.78 is 1.51. The molecule has 1 N–H and O–H groups in total. The van der Waals surface area contributed by atoms with Crippen LogP contribution in [0.1, 0.15) is 28.5 Å². The number of thioether (sulfide) groups is 1. The van der Waals surface area contributed by atoms with Crippen LogP contribution in [0, 0.1) is 6.92 Å². The molecule has 0 aliphatic rings. The van der Waals surface area contributed by atoms with Gasteiger partial charge in [-0.25, -0.2) is 4.98 Å². The molecule has 1 aromatic carbocycles. The van der Waals surface area contributed by atoms with Crippen LogP contribution in [0.15, 0.2) is 53.5 Å². The number of ketones is 1. The van der Waals surface area contributed by atoms with Crippen molar-refractivity contribution in [3.8, 4) is 0 Å². The summed E-state index contributed by atoms with van der Waals surface area (Å²) in [6, 6.07) is 12.0. The zero-order valence-electron chi connectivity index (χ0n) is 15.1. The van der Waals surface area contributed by atoms with Crippen LogP contribution in [-0.4, -0.2) is 26.8 Å². The lowest BCUT2D eigenvalue weighted by atomic mass is 10.1. The molecule has 27 heavy (non-hydrogen) atoms. The van der Waals surface area contributed by atoms with Crippen molar-refractivity contribution < 1.29 is 9.59 Å². The number of nitrogens with zero attached hydrogens (tertiary/aromatic N) is 2. The Morgan fingerprint density at radius 3 is 2.59 bits per heavy atom. The zero-order valence-corrected chi connectivity index (χ0v) is 15.9. The number of hydrogen-bond donors (Lipinski definition) is 1. The van der Waals surface area contributed by atoms with Crippen LogP contribution in [0.4, 0.5) is 5.69 Å². The standard InChI is InChI=1S/C20H19N3O3S/c1-13-3-8-18-21-17(9-20(26)23(18)10-13)11-27-12-19(25)22-16-6-4-15(5-7-16)14(2)24/h3-10H,11-12H2,1-2H3,(H,22,25). The summed E-state index contributed by atoms with van der Waals surface area (Å²) in [4.78, 5) is 39.9. The van der Waals surface area contributed by atoms with Gasteiger partial charge >= 0.3 is 0 Å². The monoisotopic (exact) mass is 381 g/mol. The fourth-order valence-corrected chi connectivity index (χ4v) is 3.28. The number of hydrogen-bond acceptors (Lipinski definition) is 5. The molecule has 0 saturated carbocycles. The minimum atomic E-state index is -0.149. The molecule has 0 aliphatic heterocycles. The molecule has 0 aliphatic carbocycles. The molecule has 2 heterocycles. The van der Waals surface area contributed by atoms with E-state index in [1.165, 1.54) is 29.2 Å². The van der Waals surface area contributed by atoms with Gasteiger partial charge in [0, 0.05) is 29.3 Å². The number of anilines is 1. The van der Waals surface area contributed by atoms with Crippen LogP contribution in [0.3, 0.4) is 0 Å². The molecule has 0 fully saturated rings. The van der Waals surface area contributed by atoms with Crippen LogP contribution in [0.5, 0.6) is 0 Å². The van der Waals surface area contributed by atoms with E-state index in [0.29, 0.717) is 28.3 Å². The number of fused-ring (bicyclic) bond motifs is 1. The number of amides is 1. The molecule has 0 unspecified atom stereocenters. The molecule has 0 radical (unpaired) electrons. The number of aromatic nitrogens is 2. The second-order valence-corrected chi connectivity index (χ2v) is 7.18. The number of aryl methyl sites for hydroxylation is 1. The number of rotatable bonds is 6. The highest BCUT2D eigenvalue weighted by Gasteiger charge is 2.07. The Morgan fingerprint density at radius 1 is 1.15 bits per heavy atom. The maximum atomic E-state index is 12.2. The second kappa shape index (κ2) is 8.18. The first-order chi connectivity index (χ1) is 12.9. The molecule has 0 bridgehead atoms. The van der Waals surface area contributed by atoms with E-state index in [9.17, 15) is 14.4 Å². The van der Waals surface area contributed by atoms with Gasteiger partial charge in [-0.2, -0.15) is 0 Å². The zero-order chi connectivity index (χ0) is 19.4. The SMILES string of the molecule is CC(=O)c1ccc(NC(=O)CSCc2cc(=O)n3cc(C)ccc3n2)cc1. The van der Waals surface area contributed by atoms with Crippen LogP contribution >= 0.6 is 11.8 Å². The van der Waals surface area contributed by atoms with E-state index < -0.39 is 0 Å². The van der Waals surface area contributed by atoms with Crippen molar-refractivity contribution in [3.63, 3.8) is 0 Å². The summed E-state index contributed by atoms with van der Waals surface area (Å²) in [5.41, 5.74) is 3.34. The first-order valence-corrected chi connectivity index (χ1v) is 9.55. The number of pyridine rings is 1. The highest BCUT2D eigenvalue weighted by atomic mass is 32.2. The van der Waals surface area contributed by atoms with Gasteiger partial charge in [0.05, 0.1) is 11.4 Å². The van der Waals surface area contributed by atoms with Gasteiger partial charge in [-0.15, -0.1) is 11.8 Å². The quantitative estimate of drug-likeness (QED) is 0.664. The molecule has 138 valence electrons. The predicted octanol–water partition coefficient (Wildman–Crippen LogP) is 3.08. The lowest BCUT2D eigenvalue weighted by Gasteiger charge is -2.07. The lowest BCUT2D eigenvalue weighted by Crippen LogP contribution is -2.16. The molecule has 7 heteroatoms. The summed E-state index contributed by atoms with van der Waals surface area (Å²) in [7, 11) is 0. The molecule has 0 spiro atoms. The van der Waals surface area contributed by atoms with E-state index in [2.05, 4.69) is 10.3 Å². The third-order valence-corrected chi connectivity index (χ3v) is 4.89. The van der Waals surface area contributed by atoms with Gasteiger partial charge in [0.2, 0.25) is 5.91 Å². The maximum absolute atomic E-state index is 12.2. The topological polar surface area (TPSA) is 80.5 Å². The minimum Gasteiger partial charge on any atom is -0.325 e. The third kappa shape index (κ3) is 4.83. The Hall–Kier alpha value is -2.93.